The third kappa shape index (κ3) is 5.82. The molecule has 1 rings (SSSR count). The molecule has 1 aromatic carbocycles. The van der Waals surface area contributed by atoms with Gasteiger partial charge < -0.3 is 10.1 Å². The number of rotatable bonds is 8. The van der Waals surface area contributed by atoms with Crippen LogP contribution in [0.15, 0.2) is 24.3 Å². The number of nitrogens with one attached hydrogen (secondary N) is 1. The highest BCUT2D eigenvalue weighted by atomic mass is 19.4. The van der Waals surface area contributed by atoms with Crippen LogP contribution < -0.4 is 10.1 Å². The van der Waals surface area contributed by atoms with E-state index in [4.69, 9.17) is 4.74 Å². The van der Waals surface area contributed by atoms with Crippen LogP contribution in [0.4, 0.5) is 13.2 Å². The monoisotopic (exact) mass is 289 g/mol. The maximum absolute atomic E-state index is 12.5. The van der Waals surface area contributed by atoms with Gasteiger partial charge in [-0.2, -0.15) is 13.2 Å². The number of hydrogen-bond acceptors (Lipinski definition) is 2. The Bertz CT molecular complexity index is 376. The average Bonchev–Trinajstić information content (AvgIpc) is 2.39. The summed E-state index contributed by atoms with van der Waals surface area (Å²) in [5.74, 6) is 0.481. The molecular weight excluding hydrogens is 267 g/mol. The third-order valence-electron chi connectivity index (χ3n) is 2.89. The minimum absolute atomic E-state index is 0.0108. The van der Waals surface area contributed by atoms with E-state index < -0.39 is 11.7 Å². The third-order valence-corrected chi connectivity index (χ3v) is 2.89. The zero-order chi connectivity index (χ0) is 15.0. The predicted octanol–water partition coefficient (Wildman–Crippen LogP) is 4.25. The molecule has 0 saturated carbocycles. The molecule has 2 nitrogen and oxygen atoms in total. The normalized spacial score (nSPS) is 13.2. The quantitative estimate of drug-likeness (QED) is 0.722. The van der Waals surface area contributed by atoms with Crippen molar-refractivity contribution in [2.24, 2.45) is 0 Å². The molecule has 1 aromatic rings. The second kappa shape index (κ2) is 8.15. The van der Waals surface area contributed by atoms with Gasteiger partial charge >= 0.3 is 6.18 Å². The molecule has 1 atom stereocenters. The van der Waals surface area contributed by atoms with Crippen LogP contribution in [0.25, 0.3) is 0 Å². The lowest BCUT2D eigenvalue weighted by atomic mass is 10.2. The maximum atomic E-state index is 12.5. The fourth-order valence-corrected chi connectivity index (χ4v) is 1.88. The van der Waals surface area contributed by atoms with Gasteiger partial charge in [0.2, 0.25) is 0 Å². The van der Waals surface area contributed by atoms with Gasteiger partial charge in [-0.3, -0.25) is 0 Å². The second-order valence-corrected chi connectivity index (χ2v) is 4.75. The molecule has 0 fully saturated rings. The summed E-state index contributed by atoms with van der Waals surface area (Å²) in [5.41, 5.74) is -0.652. The number of benzene rings is 1. The first-order valence-corrected chi connectivity index (χ1v) is 7.02. The molecule has 0 aliphatic rings. The van der Waals surface area contributed by atoms with Crippen molar-refractivity contribution in [1.82, 2.24) is 5.32 Å². The Morgan fingerprint density at radius 3 is 2.25 bits per heavy atom. The second-order valence-electron chi connectivity index (χ2n) is 4.75. The Balaban J connectivity index is 2.59. The summed E-state index contributed by atoms with van der Waals surface area (Å²) in [5, 5.41) is 3.27. The van der Waals surface area contributed by atoms with Crippen molar-refractivity contribution in [3.8, 4) is 5.75 Å². The van der Waals surface area contributed by atoms with E-state index in [0.29, 0.717) is 12.3 Å². The zero-order valence-corrected chi connectivity index (χ0v) is 12.0. The molecular formula is C15H22F3NO. The Morgan fingerprint density at radius 2 is 1.75 bits per heavy atom. The van der Waals surface area contributed by atoms with Crippen LogP contribution in [0.3, 0.4) is 0 Å². The molecule has 0 radical (unpaired) electrons. The lowest BCUT2D eigenvalue weighted by Gasteiger charge is -2.19. The van der Waals surface area contributed by atoms with E-state index in [1.807, 2.05) is 0 Å². The smallest absolute Gasteiger partial charge is 0.416 e. The predicted molar refractivity (Wildman–Crippen MR) is 73.9 cm³/mol. The molecule has 0 saturated heterocycles. The first-order valence-electron chi connectivity index (χ1n) is 7.02. The maximum Gasteiger partial charge on any atom is 0.416 e. The van der Waals surface area contributed by atoms with E-state index in [2.05, 4.69) is 19.2 Å². The summed E-state index contributed by atoms with van der Waals surface area (Å²) in [6, 6.07) is 4.87. The summed E-state index contributed by atoms with van der Waals surface area (Å²) in [4.78, 5) is 0. The van der Waals surface area contributed by atoms with Crippen molar-refractivity contribution in [3.05, 3.63) is 29.8 Å². The Kier molecular flexibility index (Phi) is 6.85. The van der Waals surface area contributed by atoms with Crippen molar-refractivity contribution in [1.29, 1.82) is 0 Å². The lowest BCUT2D eigenvalue weighted by Crippen LogP contribution is -2.31. The van der Waals surface area contributed by atoms with Crippen molar-refractivity contribution < 1.29 is 17.9 Å². The SMILES string of the molecule is CCCNCC(CCC)Oc1ccc(C(F)(F)F)cc1. The summed E-state index contributed by atoms with van der Waals surface area (Å²) < 4.78 is 43.1. The van der Waals surface area contributed by atoms with Gasteiger partial charge in [-0.15, -0.1) is 0 Å². The molecule has 0 aliphatic heterocycles. The van der Waals surface area contributed by atoms with Gasteiger partial charge in [0.05, 0.1) is 5.56 Å². The zero-order valence-electron chi connectivity index (χ0n) is 12.0. The van der Waals surface area contributed by atoms with Gasteiger partial charge in [-0.05, 0) is 43.7 Å². The minimum atomic E-state index is -4.30. The lowest BCUT2D eigenvalue weighted by molar-refractivity contribution is -0.137. The van der Waals surface area contributed by atoms with Crippen LogP contribution in [-0.4, -0.2) is 19.2 Å². The van der Waals surface area contributed by atoms with Gasteiger partial charge in [0.15, 0.2) is 0 Å². The van der Waals surface area contributed by atoms with Gasteiger partial charge in [0.25, 0.3) is 0 Å². The van der Waals surface area contributed by atoms with Crippen molar-refractivity contribution >= 4 is 0 Å². The molecule has 5 heteroatoms. The molecule has 0 heterocycles. The molecule has 1 unspecified atom stereocenters. The fourth-order valence-electron chi connectivity index (χ4n) is 1.88. The van der Waals surface area contributed by atoms with Gasteiger partial charge in [-0.1, -0.05) is 20.3 Å². The highest BCUT2D eigenvalue weighted by Crippen LogP contribution is 2.30. The largest absolute Gasteiger partial charge is 0.489 e. The van der Waals surface area contributed by atoms with Crippen molar-refractivity contribution in [2.45, 2.75) is 45.4 Å². The summed E-state index contributed by atoms with van der Waals surface area (Å²) in [7, 11) is 0. The topological polar surface area (TPSA) is 21.3 Å². The number of hydrogen-bond donors (Lipinski definition) is 1. The van der Waals surface area contributed by atoms with E-state index in [1.165, 1.54) is 12.1 Å². The van der Waals surface area contributed by atoms with Crippen LogP contribution >= 0.6 is 0 Å². The Labute approximate surface area is 118 Å². The molecule has 0 aromatic heterocycles. The van der Waals surface area contributed by atoms with E-state index in [1.54, 1.807) is 0 Å². The molecule has 0 aliphatic carbocycles. The van der Waals surface area contributed by atoms with Crippen molar-refractivity contribution in [3.63, 3.8) is 0 Å². The summed E-state index contributed by atoms with van der Waals surface area (Å²) >= 11 is 0. The van der Waals surface area contributed by atoms with Gasteiger partial charge in [-0.25, -0.2) is 0 Å². The number of halogens is 3. The first-order chi connectivity index (χ1) is 9.47. The average molecular weight is 289 g/mol. The van der Waals surface area contributed by atoms with Crippen LogP contribution in [0.1, 0.15) is 38.7 Å². The minimum Gasteiger partial charge on any atom is -0.489 e. The molecule has 1 N–H and O–H groups in total. The fraction of sp³-hybridized carbons (Fsp3) is 0.600. The standard InChI is InChI=1S/C15H22F3NO/c1-3-5-14(11-19-10-4-2)20-13-8-6-12(7-9-13)15(16,17)18/h6-9,14,19H,3-5,10-11H2,1-2H3. The van der Waals surface area contributed by atoms with Gasteiger partial charge in [0.1, 0.15) is 11.9 Å². The van der Waals surface area contributed by atoms with Crippen LogP contribution in [-0.2, 0) is 6.18 Å². The van der Waals surface area contributed by atoms with Crippen molar-refractivity contribution in [2.75, 3.05) is 13.1 Å². The van der Waals surface area contributed by atoms with E-state index in [9.17, 15) is 13.2 Å². The Morgan fingerprint density at radius 1 is 1.10 bits per heavy atom. The molecule has 0 amide bonds. The molecule has 114 valence electrons. The Hall–Kier alpha value is -1.23. The number of ether oxygens (including phenoxy) is 1. The number of alkyl halides is 3. The summed E-state index contributed by atoms with van der Waals surface area (Å²) in [6.45, 7) is 5.76. The van der Waals surface area contributed by atoms with Crippen LogP contribution in [0.2, 0.25) is 0 Å². The van der Waals surface area contributed by atoms with Crippen LogP contribution in [0, 0.1) is 0 Å². The van der Waals surface area contributed by atoms with Crippen LogP contribution in [0.5, 0.6) is 5.75 Å². The van der Waals surface area contributed by atoms with Gasteiger partial charge in [0, 0.05) is 6.54 Å². The van der Waals surface area contributed by atoms with E-state index in [0.717, 1.165) is 37.9 Å². The molecule has 20 heavy (non-hydrogen) atoms. The molecule has 0 bridgehead atoms. The molecule has 0 spiro atoms. The van der Waals surface area contributed by atoms with E-state index in [-0.39, 0.29) is 6.10 Å². The first kappa shape index (κ1) is 16.8. The summed E-state index contributed by atoms with van der Waals surface area (Å²) in [6.07, 6.45) is -1.43. The highest BCUT2D eigenvalue weighted by molar-refractivity contribution is 5.29. The van der Waals surface area contributed by atoms with E-state index >= 15 is 0 Å². The highest BCUT2D eigenvalue weighted by Gasteiger charge is 2.30.